The van der Waals surface area contributed by atoms with Crippen molar-refractivity contribution in [3.8, 4) is 11.4 Å². The maximum Gasteiger partial charge on any atom is 0.343 e. The smallest absolute Gasteiger partial charge is 0.343 e. The van der Waals surface area contributed by atoms with Gasteiger partial charge in [-0.05, 0) is 66.4 Å². The van der Waals surface area contributed by atoms with Crippen molar-refractivity contribution < 1.29 is 4.42 Å². The number of para-hydroxylation sites is 3. The molecule has 8 rings (SSSR count). The Kier molecular flexibility index (Phi) is 4.27. The second kappa shape index (κ2) is 7.70. The van der Waals surface area contributed by atoms with Crippen LogP contribution < -0.4 is 5.63 Å². The van der Waals surface area contributed by atoms with Crippen molar-refractivity contribution in [1.29, 1.82) is 0 Å². The first-order valence-electron chi connectivity index (χ1n) is 12.7. The molecule has 0 aliphatic carbocycles. The average Bonchev–Trinajstić information content (AvgIpc) is 3.47. The number of benzene rings is 5. The van der Waals surface area contributed by atoms with E-state index in [2.05, 4.69) is 106 Å². The van der Waals surface area contributed by atoms with E-state index in [-0.39, 0.29) is 5.63 Å². The minimum absolute atomic E-state index is 0.318. The van der Waals surface area contributed by atoms with E-state index < -0.39 is 0 Å². The number of hydrogen-bond donors (Lipinski definition) is 0. The second-order valence-electron chi connectivity index (χ2n) is 9.86. The molecule has 3 aromatic heterocycles. The van der Waals surface area contributed by atoms with Crippen molar-refractivity contribution >= 4 is 54.4 Å². The maximum absolute atomic E-state index is 12.6. The van der Waals surface area contributed by atoms with E-state index in [4.69, 9.17) is 4.42 Å². The van der Waals surface area contributed by atoms with Gasteiger partial charge in [0.2, 0.25) is 0 Å². The van der Waals surface area contributed by atoms with Crippen LogP contribution in [0.3, 0.4) is 0 Å². The van der Waals surface area contributed by atoms with Crippen molar-refractivity contribution in [2.45, 2.75) is 6.92 Å². The Hall–Kier alpha value is -5.09. The van der Waals surface area contributed by atoms with Crippen LogP contribution in [0.25, 0.3) is 65.8 Å². The van der Waals surface area contributed by atoms with E-state index in [0.29, 0.717) is 5.39 Å². The molecule has 5 aromatic carbocycles. The Morgan fingerprint density at radius 2 is 0.974 bits per heavy atom. The summed E-state index contributed by atoms with van der Waals surface area (Å²) in [7, 11) is 0. The molecule has 0 saturated carbocycles. The Bertz CT molecular complexity index is 2230. The summed E-state index contributed by atoms with van der Waals surface area (Å²) in [5.74, 6) is 0. The quantitative estimate of drug-likeness (QED) is 0.245. The SMILES string of the molecule is Cc1coc(=O)c2cc(-n3c4ccccc4c4cc(-n5c6ccccc6c6ccccc65)ccc43)ccc12. The molecular weight excluding hydrogens is 468 g/mol. The molecule has 0 saturated heterocycles. The van der Waals surface area contributed by atoms with E-state index >= 15 is 0 Å². The van der Waals surface area contributed by atoms with Gasteiger partial charge in [-0.1, -0.05) is 60.7 Å². The van der Waals surface area contributed by atoms with Crippen LogP contribution in [0.1, 0.15) is 5.56 Å². The van der Waals surface area contributed by atoms with E-state index in [1.165, 1.54) is 33.5 Å². The first-order valence-corrected chi connectivity index (χ1v) is 12.7. The zero-order valence-electron chi connectivity index (χ0n) is 20.7. The van der Waals surface area contributed by atoms with Crippen LogP contribution >= 0.6 is 0 Å². The lowest BCUT2D eigenvalue weighted by molar-refractivity contribution is 0.516. The Morgan fingerprint density at radius 3 is 1.58 bits per heavy atom. The summed E-state index contributed by atoms with van der Waals surface area (Å²) in [6, 6.07) is 38.3. The van der Waals surface area contributed by atoms with Crippen molar-refractivity contribution in [3.05, 3.63) is 131 Å². The minimum atomic E-state index is -0.318. The van der Waals surface area contributed by atoms with Gasteiger partial charge in [-0.3, -0.25) is 0 Å². The van der Waals surface area contributed by atoms with E-state index in [1.54, 1.807) is 0 Å². The molecule has 180 valence electrons. The van der Waals surface area contributed by atoms with Crippen LogP contribution in [-0.2, 0) is 0 Å². The molecule has 0 N–H and O–H groups in total. The molecule has 0 unspecified atom stereocenters. The van der Waals surface area contributed by atoms with Crippen LogP contribution in [0, 0.1) is 6.92 Å². The summed E-state index contributed by atoms with van der Waals surface area (Å²) in [5.41, 5.74) is 7.25. The molecule has 4 nitrogen and oxygen atoms in total. The number of rotatable bonds is 2. The molecule has 0 aliphatic rings. The van der Waals surface area contributed by atoms with E-state index in [0.717, 1.165) is 38.7 Å². The summed E-state index contributed by atoms with van der Waals surface area (Å²) >= 11 is 0. The fourth-order valence-electron chi connectivity index (χ4n) is 6.03. The van der Waals surface area contributed by atoms with Crippen LogP contribution in [0.2, 0.25) is 0 Å². The molecule has 0 spiro atoms. The fraction of sp³-hybridized carbons (Fsp3) is 0.0294. The molecule has 4 heteroatoms. The van der Waals surface area contributed by atoms with Crippen LogP contribution in [0.5, 0.6) is 0 Å². The van der Waals surface area contributed by atoms with Gasteiger partial charge in [0.15, 0.2) is 0 Å². The molecule has 0 amide bonds. The molecule has 0 radical (unpaired) electrons. The predicted octanol–water partition coefficient (Wildman–Crippen LogP) is 8.30. The minimum Gasteiger partial charge on any atom is -0.431 e. The van der Waals surface area contributed by atoms with Crippen LogP contribution in [0.15, 0.2) is 125 Å². The van der Waals surface area contributed by atoms with Gasteiger partial charge in [0.05, 0.1) is 33.7 Å². The lowest BCUT2D eigenvalue weighted by Gasteiger charge is -2.11. The number of aryl methyl sites for hydroxylation is 1. The zero-order chi connectivity index (χ0) is 25.4. The summed E-state index contributed by atoms with van der Waals surface area (Å²) < 4.78 is 9.86. The summed E-state index contributed by atoms with van der Waals surface area (Å²) in [5, 5.41) is 6.33. The van der Waals surface area contributed by atoms with Crippen molar-refractivity contribution in [3.63, 3.8) is 0 Å². The molecule has 0 bridgehead atoms. The third kappa shape index (κ3) is 2.83. The van der Waals surface area contributed by atoms with Gasteiger partial charge in [0.25, 0.3) is 0 Å². The molecule has 0 atom stereocenters. The molecule has 0 fully saturated rings. The summed E-state index contributed by atoms with van der Waals surface area (Å²) in [6.07, 6.45) is 1.53. The van der Waals surface area contributed by atoms with Gasteiger partial charge in [0.1, 0.15) is 0 Å². The topological polar surface area (TPSA) is 40.1 Å². The number of nitrogens with zero attached hydrogens (tertiary/aromatic N) is 2. The zero-order valence-corrected chi connectivity index (χ0v) is 20.7. The standard InChI is InChI=1S/C34H22N2O2/c1-21-20-38-34(37)29-19-22(14-16-24(21)29)36-32-13-7-4-10-27(32)28-18-23(15-17-33(28)36)35-30-11-5-2-8-25(30)26-9-3-6-12-31(26)35/h2-20H,1H3. The van der Waals surface area contributed by atoms with Gasteiger partial charge in [0, 0.05) is 32.9 Å². The van der Waals surface area contributed by atoms with Crippen molar-refractivity contribution in [2.24, 2.45) is 0 Å². The highest BCUT2D eigenvalue weighted by atomic mass is 16.4. The van der Waals surface area contributed by atoms with E-state index in [9.17, 15) is 4.79 Å². The largest absolute Gasteiger partial charge is 0.431 e. The Morgan fingerprint density at radius 1 is 0.500 bits per heavy atom. The first kappa shape index (κ1) is 21.0. The first-order chi connectivity index (χ1) is 18.7. The highest BCUT2D eigenvalue weighted by Gasteiger charge is 2.16. The van der Waals surface area contributed by atoms with Gasteiger partial charge in [-0.25, -0.2) is 4.79 Å². The Labute approximate surface area is 217 Å². The second-order valence-corrected chi connectivity index (χ2v) is 9.86. The molecule has 3 heterocycles. The highest BCUT2D eigenvalue weighted by Crippen LogP contribution is 2.37. The van der Waals surface area contributed by atoms with Crippen molar-refractivity contribution in [2.75, 3.05) is 0 Å². The average molecular weight is 491 g/mol. The summed E-state index contributed by atoms with van der Waals surface area (Å²) in [4.78, 5) is 12.6. The third-order valence-corrected chi connectivity index (χ3v) is 7.74. The highest BCUT2D eigenvalue weighted by molar-refractivity contribution is 6.12. The maximum atomic E-state index is 12.6. The molecule has 0 aliphatic heterocycles. The Balaban J connectivity index is 1.44. The monoisotopic (exact) mass is 490 g/mol. The van der Waals surface area contributed by atoms with Gasteiger partial charge in [-0.2, -0.15) is 0 Å². The fourth-order valence-corrected chi connectivity index (χ4v) is 6.03. The number of fused-ring (bicyclic) bond motifs is 7. The lowest BCUT2D eigenvalue weighted by Crippen LogP contribution is -2.02. The lowest BCUT2D eigenvalue weighted by atomic mass is 10.1. The van der Waals surface area contributed by atoms with Gasteiger partial charge >= 0.3 is 5.63 Å². The number of hydrogen-bond acceptors (Lipinski definition) is 2. The van der Waals surface area contributed by atoms with E-state index in [1.807, 2.05) is 19.1 Å². The van der Waals surface area contributed by atoms with Gasteiger partial charge in [-0.15, -0.1) is 0 Å². The molecular formula is C34H22N2O2. The molecule has 38 heavy (non-hydrogen) atoms. The summed E-state index contributed by atoms with van der Waals surface area (Å²) in [6.45, 7) is 1.96. The number of aromatic nitrogens is 2. The normalized spacial score (nSPS) is 11.9. The molecule has 8 aromatic rings. The third-order valence-electron chi connectivity index (χ3n) is 7.74. The van der Waals surface area contributed by atoms with Crippen LogP contribution in [0.4, 0.5) is 0 Å². The van der Waals surface area contributed by atoms with Crippen molar-refractivity contribution in [1.82, 2.24) is 9.13 Å². The van der Waals surface area contributed by atoms with Crippen LogP contribution in [-0.4, -0.2) is 9.13 Å². The van der Waals surface area contributed by atoms with Gasteiger partial charge < -0.3 is 13.6 Å². The predicted molar refractivity (Wildman–Crippen MR) is 156 cm³/mol.